The molecule has 18 heavy (non-hydrogen) atoms. The van der Waals surface area contributed by atoms with Crippen molar-refractivity contribution in [2.45, 2.75) is 38.3 Å². The highest BCUT2D eigenvalue weighted by atomic mass is 16.5. The van der Waals surface area contributed by atoms with Crippen molar-refractivity contribution in [1.82, 2.24) is 5.32 Å². The van der Waals surface area contributed by atoms with Gasteiger partial charge in [-0.1, -0.05) is 37.3 Å². The number of hydrogen-bond donors (Lipinski definition) is 1. The molecule has 0 aromatic heterocycles. The number of nitrogens with one attached hydrogen (secondary N) is 1. The van der Waals surface area contributed by atoms with Gasteiger partial charge in [0.15, 0.2) is 0 Å². The zero-order chi connectivity index (χ0) is 12.8. The highest BCUT2D eigenvalue weighted by Crippen LogP contribution is 2.30. The molecule has 0 amide bonds. The van der Waals surface area contributed by atoms with Crippen molar-refractivity contribution in [2.75, 3.05) is 13.2 Å². The minimum atomic E-state index is 0.166. The van der Waals surface area contributed by atoms with Crippen LogP contribution >= 0.6 is 0 Å². The largest absolute Gasteiger partial charge is 0.372 e. The maximum atomic E-state index is 6.01. The third-order valence-corrected chi connectivity index (χ3v) is 3.47. The van der Waals surface area contributed by atoms with Gasteiger partial charge in [-0.2, -0.15) is 0 Å². The quantitative estimate of drug-likeness (QED) is 0.777. The molecule has 0 fully saturated rings. The van der Waals surface area contributed by atoms with Crippen LogP contribution in [0.4, 0.5) is 0 Å². The molecule has 1 heterocycles. The SMILES string of the molecule is C=CCC(NCCC)C1OCCc2ccccc21. The molecule has 2 nitrogen and oxygen atoms in total. The van der Waals surface area contributed by atoms with Gasteiger partial charge in [-0.25, -0.2) is 0 Å². The van der Waals surface area contributed by atoms with E-state index < -0.39 is 0 Å². The van der Waals surface area contributed by atoms with Gasteiger partial charge in [-0.15, -0.1) is 6.58 Å². The lowest BCUT2D eigenvalue weighted by molar-refractivity contribution is 0.0161. The Morgan fingerprint density at radius 1 is 1.50 bits per heavy atom. The minimum absolute atomic E-state index is 0.166. The van der Waals surface area contributed by atoms with Crippen LogP contribution in [0.25, 0.3) is 0 Å². The van der Waals surface area contributed by atoms with Gasteiger partial charge < -0.3 is 10.1 Å². The van der Waals surface area contributed by atoms with Crippen molar-refractivity contribution in [3.8, 4) is 0 Å². The van der Waals surface area contributed by atoms with Gasteiger partial charge in [-0.05, 0) is 36.9 Å². The molecular weight excluding hydrogens is 222 g/mol. The molecule has 1 aliphatic heterocycles. The van der Waals surface area contributed by atoms with Crippen molar-refractivity contribution < 1.29 is 4.74 Å². The first kappa shape index (κ1) is 13.3. The summed E-state index contributed by atoms with van der Waals surface area (Å²) in [4.78, 5) is 0. The summed E-state index contributed by atoms with van der Waals surface area (Å²) in [6.45, 7) is 7.90. The second-order valence-electron chi connectivity index (χ2n) is 4.83. The molecule has 2 atom stereocenters. The van der Waals surface area contributed by atoms with Gasteiger partial charge in [-0.3, -0.25) is 0 Å². The maximum Gasteiger partial charge on any atom is 0.0983 e. The highest BCUT2D eigenvalue weighted by molar-refractivity contribution is 5.32. The summed E-state index contributed by atoms with van der Waals surface area (Å²) in [5.41, 5.74) is 2.78. The number of rotatable bonds is 6. The lowest BCUT2D eigenvalue weighted by Crippen LogP contribution is -2.38. The molecule has 0 saturated carbocycles. The lowest BCUT2D eigenvalue weighted by atomic mass is 9.92. The predicted molar refractivity (Wildman–Crippen MR) is 75.7 cm³/mol. The maximum absolute atomic E-state index is 6.01. The molecule has 2 rings (SSSR count). The van der Waals surface area contributed by atoms with Crippen molar-refractivity contribution in [2.24, 2.45) is 0 Å². The molecule has 1 N–H and O–H groups in total. The Bertz CT molecular complexity index is 388. The summed E-state index contributed by atoms with van der Waals surface area (Å²) in [6, 6.07) is 8.97. The van der Waals surface area contributed by atoms with E-state index >= 15 is 0 Å². The Balaban J connectivity index is 2.17. The summed E-state index contributed by atoms with van der Waals surface area (Å²) in [5, 5.41) is 3.58. The predicted octanol–water partition coefficient (Wildman–Crippen LogP) is 3.24. The van der Waals surface area contributed by atoms with Crippen LogP contribution < -0.4 is 5.32 Å². The Hall–Kier alpha value is -1.12. The van der Waals surface area contributed by atoms with Gasteiger partial charge in [0.1, 0.15) is 0 Å². The average Bonchev–Trinajstić information content (AvgIpc) is 2.43. The summed E-state index contributed by atoms with van der Waals surface area (Å²) >= 11 is 0. The first-order valence-electron chi connectivity index (χ1n) is 6.90. The summed E-state index contributed by atoms with van der Waals surface area (Å²) in [7, 11) is 0. The smallest absolute Gasteiger partial charge is 0.0983 e. The Morgan fingerprint density at radius 3 is 3.11 bits per heavy atom. The van der Waals surface area contributed by atoms with Gasteiger partial charge in [0.2, 0.25) is 0 Å². The van der Waals surface area contributed by atoms with Crippen LogP contribution in [-0.2, 0) is 11.2 Å². The minimum Gasteiger partial charge on any atom is -0.372 e. The van der Waals surface area contributed by atoms with Gasteiger partial charge in [0.05, 0.1) is 12.7 Å². The summed E-state index contributed by atoms with van der Waals surface area (Å²) in [5.74, 6) is 0. The average molecular weight is 245 g/mol. The molecule has 1 aliphatic rings. The standard InChI is InChI=1S/C16H23NO/c1-3-7-15(17-11-4-2)16-14-9-6-5-8-13(14)10-12-18-16/h3,5-6,8-9,15-17H,1,4,7,10-12H2,2H3. The van der Waals surface area contributed by atoms with E-state index in [1.165, 1.54) is 11.1 Å². The second-order valence-corrected chi connectivity index (χ2v) is 4.83. The molecule has 98 valence electrons. The van der Waals surface area contributed by atoms with Crippen LogP contribution in [0.1, 0.15) is 37.0 Å². The Kier molecular flexibility index (Phi) is 4.97. The fourth-order valence-electron chi connectivity index (χ4n) is 2.58. The molecule has 1 aromatic rings. The fourth-order valence-corrected chi connectivity index (χ4v) is 2.58. The van der Waals surface area contributed by atoms with E-state index in [-0.39, 0.29) is 6.10 Å². The molecule has 0 spiro atoms. The second kappa shape index (κ2) is 6.72. The summed E-state index contributed by atoms with van der Waals surface area (Å²) < 4.78 is 6.01. The number of fused-ring (bicyclic) bond motifs is 1. The van der Waals surface area contributed by atoms with Crippen LogP contribution in [0.2, 0.25) is 0 Å². The van der Waals surface area contributed by atoms with Crippen LogP contribution in [-0.4, -0.2) is 19.2 Å². The number of benzene rings is 1. The Labute approximate surface area is 110 Å². The van der Waals surface area contributed by atoms with Crippen LogP contribution in [0, 0.1) is 0 Å². The third-order valence-electron chi connectivity index (χ3n) is 3.47. The van der Waals surface area contributed by atoms with E-state index in [1.54, 1.807) is 0 Å². The van der Waals surface area contributed by atoms with E-state index in [4.69, 9.17) is 4.74 Å². The molecule has 1 aromatic carbocycles. The third kappa shape index (κ3) is 3.01. The first-order valence-corrected chi connectivity index (χ1v) is 6.90. The van der Waals surface area contributed by atoms with Crippen LogP contribution in [0.5, 0.6) is 0 Å². The van der Waals surface area contributed by atoms with Crippen molar-refractivity contribution >= 4 is 0 Å². The van der Waals surface area contributed by atoms with E-state index in [2.05, 4.69) is 43.1 Å². The number of hydrogen-bond acceptors (Lipinski definition) is 2. The van der Waals surface area contributed by atoms with E-state index in [1.807, 2.05) is 6.08 Å². The fraction of sp³-hybridized carbons (Fsp3) is 0.500. The topological polar surface area (TPSA) is 21.3 Å². The van der Waals surface area contributed by atoms with E-state index in [9.17, 15) is 0 Å². The zero-order valence-corrected chi connectivity index (χ0v) is 11.2. The first-order chi connectivity index (χ1) is 8.86. The zero-order valence-electron chi connectivity index (χ0n) is 11.2. The molecular formula is C16H23NO. The van der Waals surface area contributed by atoms with Crippen molar-refractivity contribution in [1.29, 1.82) is 0 Å². The van der Waals surface area contributed by atoms with Gasteiger partial charge in [0.25, 0.3) is 0 Å². The van der Waals surface area contributed by atoms with Crippen LogP contribution in [0.15, 0.2) is 36.9 Å². The Morgan fingerprint density at radius 2 is 2.33 bits per heavy atom. The molecule has 0 bridgehead atoms. The molecule has 0 radical (unpaired) electrons. The normalized spacial score (nSPS) is 20.2. The van der Waals surface area contributed by atoms with E-state index in [0.717, 1.165) is 32.4 Å². The van der Waals surface area contributed by atoms with Gasteiger partial charge >= 0.3 is 0 Å². The molecule has 0 aliphatic carbocycles. The van der Waals surface area contributed by atoms with Crippen LogP contribution in [0.3, 0.4) is 0 Å². The highest BCUT2D eigenvalue weighted by Gasteiger charge is 2.27. The lowest BCUT2D eigenvalue weighted by Gasteiger charge is -2.32. The number of ether oxygens (including phenoxy) is 1. The molecule has 2 unspecified atom stereocenters. The van der Waals surface area contributed by atoms with Crippen molar-refractivity contribution in [3.05, 3.63) is 48.0 Å². The monoisotopic (exact) mass is 245 g/mol. The molecule has 0 saturated heterocycles. The van der Waals surface area contributed by atoms with Gasteiger partial charge in [0, 0.05) is 6.04 Å². The summed E-state index contributed by atoms with van der Waals surface area (Å²) in [6.07, 6.45) is 5.26. The molecule has 2 heteroatoms. The van der Waals surface area contributed by atoms with E-state index in [0.29, 0.717) is 6.04 Å². The van der Waals surface area contributed by atoms with Crippen molar-refractivity contribution in [3.63, 3.8) is 0 Å².